The molecule has 0 saturated heterocycles. The lowest BCUT2D eigenvalue weighted by molar-refractivity contribution is -0.149. The minimum Gasteiger partial charge on any atom is -0.461 e. The molecule has 1 aliphatic rings. The Morgan fingerprint density at radius 3 is 2.14 bits per heavy atom. The summed E-state index contributed by atoms with van der Waals surface area (Å²) < 4.78 is 38.8. The lowest BCUT2D eigenvalue weighted by Crippen LogP contribution is -2.44. The Labute approximate surface area is 216 Å². The summed E-state index contributed by atoms with van der Waals surface area (Å²) in [5.74, 6) is -0.640. The van der Waals surface area contributed by atoms with Crippen LogP contribution in [0.15, 0.2) is 72.8 Å². The van der Waals surface area contributed by atoms with Gasteiger partial charge in [0, 0.05) is 12.3 Å². The monoisotopic (exact) mass is 523 g/mol. The van der Waals surface area contributed by atoms with E-state index in [1.54, 1.807) is 26.0 Å². The number of hydrogen-bond donors (Lipinski definition) is 1. The van der Waals surface area contributed by atoms with Crippen molar-refractivity contribution in [2.75, 3.05) is 12.9 Å². The molecule has 0 spiro atoms. The Kier molecular flexibility index (Phi) is 7.83. The number of carbonyl (C=O) groups is 2. The summed E-state index contributed by atoms with van der Waals surface area (Å²) in [6.45, 7) is 3.52. The van der Waals surface area contributed by atoms with Crippen molar-refractivity contribution >= 4 is 22.2 Å². The van der Waals surface area contributed by atoms with E-state index in [1.807, 2.05) is 48.5 Å². The van der Waals surface area contributed by atoms with Crippen LogP contribution in [-0.4, -0.2) is 45.5 Å². The Morgan fingerprint density at radius 1 is 0.919 bits per heavy atom. The van der Waals surface area contributed by atoms with Crippen LogP contribution in [0.2, 0.25) is 0 Å². The van der Waals surface area contributed by atoms with Gasteiger partial charge in [-0.15, -0.1) is 0 Å². The van der Waals surface area contributed by atoms with Gasteiger partial charge in [-0.2, -0.15) is 8.42 Å². The second kappa shape index (κ2) is 11.0. The molecule has 194 valence electrons. The molecule has 1 atom stereocenters. The summed E-state index contributed by atoms with van der Waals surface area (Å²) >= 11 is 0. The molecule has 37 heavy (non-hydrogen) atoms. The average molecular weight is 524 g/mol. The molecular formula is C28H29NO7S. The lowest BCUT2D eigenvalue weighted by atomic mass is 9.98. The van der Waals surface area contributed by atoms with Crippen LogP contribution < -0.4 is 9.50 Å². The molecule has 4 rings (SSSR count). The van der Waals surface area contributed by atoms with Crippen LogP contribution in [0.25, 0.3) is 11.1 Å². The van der Waals surface area contributed by atoms with E-state index in [2.05, 4.69) is 5.32 Å². The Hall–Kier alpha value is -3.85. The van der Waals surface area contributed by atoms with E-state index in [4.69, 9.17) is 13.7 Å². The standard InChI is InChI=1S/C28H29NO7S/c1-18(2)35-27(30)26(16-19-9-8-10-20(15-19)36-37(3,32)33)29-28(31)34-17-25-23-13-6-4-11-21(23)22-12-5-7-14-24(22)25/h4-15,18,25-26H,16-17H2,1-3H3,(H,29,31)/t26-/m0/s1. The number of ether oxygens (including phenoxy) is 2. The third-order valence-electron chi connectivity index (χ3n) is 5.86. The number of fused-ring (bicyclic) bond motifs is 3. The molecule has 0 aromatic heterocycles. The van der Waals surface area contributed by atoms with Gasteiger partial charge in [0.15, 0.2) is 0 Å². The van der Waals surface area contributed by atoms with Gasteiger partial charge in [0.1, 0.15) is 18.4 Å². The first-order chi connectivity index (χ1) is 17.6. The highest BCUT2D eigenvalue weighted by molar-refractivity contribution is 7.86. The maximum Gasteiger partial charge on any atom is 0.407 e. The molecule has 9 heteroatoms. The Bertz CT molecular complexity index is 1360. The van der Waals surface area contributed by atoms with Gasteiger partial charge < -0.3 is 19.0 Å². The zero-order valence-corrected chi connectivity index (χ0v) is 21.7. The van der Waals surface area contributed by atoms with E-state index in [-0.39, 0.29) is 30.8 Å². The van der Waals surface area contributed by atoms with Crippen molar-refractivity contribution in [1.29, 1.82) is 0 Å². The minimum atomic E-state index is -3.71. The molecule has 3 aromatic rings. The fourth-order valence-electron chi connectivity index (χ4n) is 4.42. The van der Waals surface area contributed by atoms with Crippen LogP contribution in [0.1, 0.15) is 36.5 Å². The first-order valence-corrected chi connectivity index (χ1v) is 13.7. The number of hydrogen-bond acceptors (Lipinski definition) is 7. The molecule has 1 aliphatic carbocycles. The van der Waals surface area contributed by atoms with E-state index >= 15 is 0 Å². The van der Waals surface area contributed by atoms with Crippen LogP contribution in [0.4, 0.5) is 4.79 Å². The van der Waals surface area contributed by atoms with Gasteiger partial charge in [-0.05, 0) is 53.8 Å². The summed E-state index contributed by atoms with van der Waals surface area (Å²) in [5.41, 5.74) is 4.96. The second-order valence-electron chi connectivity index (χ2n) is 9.15. The van der Waals surface area contributed by atoms with E-state index in [1.165, 1.54) is 12.1 Å². The van der Waals surface area contributed by atoms with Crippen LogP contribution in [0.5, 0.6) is 5.75 Å². The van der Waals surface area contributed by atoms with Crippen molar-refractivity contribution in [2.24, 2.45) is 0 Å². The van der Waals surface area contributed by atoms with Gasteiger partial charge in [-0.3, -0.25) is 0 Å². The Balaban J connectivity index is 1.47. The third kappa shape index (κ3) is 6.68. The van der Waals surface area contributed by atoms with Gasteiger partial charge in [-0.25, -0.2) is 9.59 Å². The third-order valence-corrected chi connectivity index (χ3v) is 6.35. The molecule has 1 amide bonds. The van der Waals surface area contributed by atoms with Crippen molar-refractivity contribution in [3.05, 3.63) is 89.5 Å². The zero-order valence-electron chi connectivity index (χ0n) is 20.8. The van der Waals surface area contributed by atoms with Gasteiger partial charge in [0.2, 0.25) is 0 Å². The first kappa shape index (κ1) is 26.2. The second-order valence-corrected chi connectivity index (χ2v) is 10.7. The van der Waals surface area contributed by atoms with Gasteiger partial charge >= 0.3 is 22.2 Å². The zero-order chi connectivity index (χ0) is 26.6. The lowest BCUT2D eigenvalue weighted by Gasteiger charge is -2.20. The molecular weight excluding hydrogens is 494 g/mol. The number of rotatable bonds is 9. The molecule has 0 saturated carbocycles. The van der Waals surface area contributed by atoms with E-state index in [9.17, 15) is 18.0 Å². The molecule has 0 bridgehead atoms. The largest absolute Gasteiger partial charge is 0.461 e. The van der Waals surface area contributed by atoms with Crippen molar-refractivity contribution in [3.63, 3.8) is 0 Å². The maximum absolute atomic E-state index is 12.8. The minimum absolute atomic E-state index is 0.0523. The van der Waals surface area contributed by atoms with E-state index < -0.39 is 28.2 Å². The molecule has 1 N–H and O–H groups in total. The van der Waals surface area contributed by atoms with Crippen molar-refractivity contribution in [2.45, 2.75) is 38.3 Å². The molecule has 8 nitrogen and oxygen atoms in total. The smallest absolute Gasteiger partial charge is 0.407 e. The number of benzene rings is 3. The highest BCUT2D eigenvalue weighted by Crippen LogP contribution is 2.44. The number of esters is 1. The topological polar surface area (TPSA) is 108 Å². The van der Waals surface area contributed by atoms with Crippen LogP contribution >= 0.6 is 0 Å². The van der Waals surface area contributed by atoms with Gasteiger partial charge in [-0.1, -0.05) is 60.7 Å². The predicted octanol–water partition coefficient (Wildman–Crippen LogP) is 4.43. The number of alkyl carbamates (subject to hydrolysis) is 1. The first-order valence-electron chi connectivity index (χ1n) is 11.9. The summed E-state index contributed by atoms with van der Waals surface area (Å²) in [5, 5.41) is 2.62. The number of nitrogens with one attached hydrogen (secondary N) is 1. The number of carbonyl (C=O) groups excluding carboxylic acids is 2. The molecule has 0 fully saturated rings. The Morgan fingerprint density at radius 2 is 1.54 bits per heavy atom. The highest BCUT2D eigenvalue weighted by atomic mass is 32.2. The SMILES string of the molecule is CC(C)OC(=O)[C@H](Cc1cccc(OS(C)(=O)=O)c1)NC(=O)OCC1c2ccccc2-c2ccccc21. The van der Waals surface area contributed by atoms with Crippen molar-refractivity contribution in [1.82, 2.24) is 5.32 Å². The molecule has 3 aromatic carbocycles. The van der Waals surface area contributed by atoms with Crippen LogP contribution in [0, 0.1) is 0 Å². The average Bonchev–Trinajstić information content (AvgIpc) is 3.15. The van der Waals surface area contributed by atoms with E-state index in [0.717, 1.165) is 28.5 Å². The van der Waals surface area contributed by atoms with E-state index in [0.29, 0.717) is 5.56 Å². The van der Waals surface area contributed by atoms with Crippen LogP contribution in [-0.2, 0) is 30.8 Å². The molecule has 0 heterocycles. The predicted molar refractivity (Wildman–Crippen MR) is 139 cm³/mol. The van der Waals surface area contributed by atoms with Crippen LogP contribution in [0.3, 0.4) is 0 Å². The maximum atomic E-state index is 12.8. The molecule has 0 aliphatic heterocycles. The fourth-order valence-corrected chi connectivity index (χ4v) is 4.88. The summed E-state index contributed by atoms with van der Waals surface area (Å²) in [6, 6.07) is 21.3. The molecule has 0 radical (unpaired) electrons. The van der Waals surface area contributed by atoms with Crippen molar-refractivity contribution < 1.29 is 31.7 Å². The number of amides is 1. The highest BCUT2D eigenvalue weighted by Gasteiger charge is 2.30. The van der Waals surface area contributed by atoms with Gasteiger partial charge in [0.25, 0.3) is 0 Å². The molecule has 0 unspecified atom stereocenters. The summed E-state index contributed by atoms with van der Waals surface area (Å²) in [6.07, 6.45) is -0.145. The summed E-state index contributed by atoms with van der Waals surface area (Å²) in [4.78, 5) is 25.6. The van der Waals surface area contributed by atoms with Gasteiger partial charge in [0.05, 0.1) is 12.4 Å². The fraction of sp³-hybridized carbons (Fsp3) is 0.286. The normalized spacial score (nSPS) is 13.4. The van der Waals surface area contributed by atoms with Crippen molar-refractivity contribution in [3.8, 4) is 16.9 Å². The summed E-state index contributed by atoms with van der Waals surface area (Å²) in [7, 11) is -3.71. The quantitative estimate of drug-likeness (QED) is 0.327.